The van der Waals surface area contributed by atoms with Gasteiger partial charge in [0.05, 0.1) is 12.7 Å². The Morgan fingerprint density at radius 2 is 2.00 bits per heavy atom. The van der Waals surface area contributed by atoms with Crippen molar-refractivity contribution in [2.24, 2.45) is 11.8 Å². The summed E-state index contributed by atoms with van der Waals surface area (Å²) in [5.74, 6) is 2.06. The molecule has 1 heterocycles. The van der Waals surface area contributed by atoms with Crippen molar-refractivity contribution in [2.45, 2.75) is 57.5 Å². The van der Waals surface area contributed by atoms with E-state index in [2.05, 4.69) is 15.6 Å². The molecule has 1 N–H and O–H groups in total. The highest BCUT2D eigenvalue weighted by Crippen LogP contribution is 2.40. The molecule has 2 fully saturated rings. The van der Waals surface area contributed by atoms with Gasteiger partial charge in [0.25, 0.3) is 0 Å². The molecule has 1 aromatic rings. The summed E-state index contributed by atoms with van der Waals surface area (Å²) in [6.07, 6.45) is 13.8. The minimum atomic E-state index is 0.743. The molecule has 0 spiro atoms. The number of hydrogen-bond acceptors (Lipinski definition) is 3. The summed E-state index contributed by atoms with van der Waals surface area (Å²) in [5.41, 5.74) is 0. The van der Waals surface area contributed by atoms with Crippen molar-refractivity contribution in [3.05, 3.63) is 12.4 Å². The summed E-state index contributed by atoms with van der Waals surface area (Å²) in [5, 5.41) is 11.5. The number of nitrogens with zero attached hydrogens (tertiary/aromatic N) is 3. The highest BCUT2D eigenvalue weighted by Gasteiger charge is 2.31. The van der Waals surface area contributed by atoms with Crippen molar-refractivity contribution in [3.8, 4) is 0 Å². The molecule has 2 saturated carbocycles. The van der Waals surface area contributed by atoms with Gasteiger partial charge in [0.1, 0.15) is 0 Å². The van der Waals surface area contributed by atoms with E-state index in [0.29, 0.717) is 0 Å². The second kappa shape index (κ2) is 5.83. The second-order valence-electron chi connectivity index (χ2n) is 5.93. The predicted octanol–water partition coefficient (Wildman–Crippen LogP) is 2.23. The van der Waals surface area contributed by atoms with Crippen LogP contribution in [0.4, 0.5) is 0 Å². The maximum atomic E-state index is 3.99. The highest BCUT2D eigenvalue weighted by atomic mass is 15.4. The van der Waals surface area contributed by atoms with Gasteiger partial charge in [-0.1, -0.05) is 30.9 Å². The third-order valence-electron chi connectivity index (χ3n) is 4.79. The molecule has 1 aromatic heterocycles. The van der Waals surface area contributed by atoms with Crippen molar-refractivity contribution in [2.75, 3.05) is 6.54 Å². The summed E-state index contributed by atoms with van der Waals surface area (Å²) in [6.45, 7) is 1.95. The van der Waals surface area contributed by atoms with Gasteiger partial charge >= 0.3 is 0 Å². The Morgan fingerprint density at radius 3 is 2.83 bits per heavy atom. The van der Waals surface area contributed by atoms with Crippen LogP contribution >= 0.6 is 0 Å². The predicted molar refractivity (Wildman–Crippen MR) is 71.1 cm³/mol. The molecular weight excluding hydrogens is 224 g/mol. The topological polar surface area (TPSA) is 42.7 Å². The van der Waals surface area contributed by atoms with Crippen molar-refractivity contribution in [1.82, 2.24) is 20.3 Å². The molecule has 0 aromatic carbocycles. The Labute approximate surface area is 109 Å². The summed E-state index contributed by atoms with van der Waals surface area (Å²) in [7, 11) is 0. The summed E-state index contributed by atoms with van der Waals surface area (Å²) < 4.78 is 1.90. The van der Waals surface area contributed by atoms with E-state index in [4.69, 9.17) is 0 Å². The standard InChI is InChI=1S/C14H24N4/c1-2-4-13-11-14(6-5-12(13)3-1)15-7-9-18-10-8-16-17-18/h8,10,12-15H,1-7,9,11H2. The van der Waals surface area contributed by atoms with Gasteiger partial charge < -0.3 is 5.32 Å². The lowest BCUT2D eigenvalue weighted by atomic mass is 9.69. The number of aromatic nitrogens is 3. The van der Waals surface area contributed by atoms with E-state index < -0.39 is 0 Å². The van der Waals surface area contributed by atoms with Gasteiger partial charge in [-0.2, -0.15) is 0 Å². The van der Waals surface area contributed by atoms with Gasteiger partial charge in [0.2, 0.25) is 0 Å². The summed E-state index contributed by atoms with van der Waals surface area (Å²) in [6, 6.07) is 0.743. The smallest absolute Gasteiger partial charge is 0.0692 e. The van der Waals surface area contributed by atoms with E-state index in [0.717, 1.165) is 31.0 Å². The maximum Gasteiger partial charge on any atom is 0.0692 e. The van der Waals surface area contributed by atoms with Crippen molar-refractivity contribution in [3.63, 3.8) is 0 Å². The van der Waals surface area contributed by atoms with Gasteiger partial charge in [-0.3, -0.25) is 4.68 Å². The first-order valence-electron chi connectivity index (χ1n) is 7.49. The van der Waals surface area contributed by atoms with Crippen molar-refractivity contribution >= 4 is 0 Å². The molecule has 0 radical (unpaired) electrons. The zero-order chi connectivity index (χ0) is 12.2. The SMILES string of the molecule is c1cn(CCNC2CCC3CCCCC3C2)nn1. The molecule has 2 aliphatic rings. The Bertz CT molecular complexity index is 349. The van der Waals surface area contributed by atoms with Gasteiger partial charge in [-0.25, -0.2) is 0 Å². The number of nitrogens with one attached hydrogen (secondary N) is 1. The van der Waals surface area contributed by atoms with Gasteiger partial charge in [-0.05, 0) is 31.1 Å². The van der Waals surface area contributed by atoms with Crippen LogP contribution in [-0.2, 0) is 6.54 Å². The Morgan fingerprint density at radius 1 is 1.11 bits per heavy atom. The molecule has 3 rings (SSSR count). The lowest BCUT2D eigenvalue weighted by molar-refractivity contribution is 0.143. The van der Waals surface area contributed by atoms with Crippen molar-refractivity contribution < 1.29 is 0 Å². The van der Waals surface area contributed by atoms with Crippen LogP contribution in [0.2, 0.25) is 0 Å². The average Bonchev–Trinajstić information content (AvgIpc) is 2.92. The first-order chi connectivity index (χ1) is 8.92. The van der Waals surface area contributed by atoms with Crippen LogP contribution in [-0.4, -0.2) is 27.6 Å². The first kappa shape index (κ1) is 12.2. The summed E-state index contributed by atoms with van der Waals surface area (Å²) in [4.78, 5) is 0. The fourth-order valence-electron chi connectivity index (χ4n) is 3.79. The van der Waals surface area contributed by atoms with Crippen LogP contribution in [0.3, 0.4) is 0 Å². The third-order valence-corrected chi connectivity index (χ3v) is 4.79. The number of rotatable bonds is 4. The van der Waals surface area contributed by atoms with E-state index in [1.54, 1.807) is 6.20 Å². The highest BCUT2D eigenvalue weighted by molar-refractivity contribution is 4.86. The average molecular weight is 248 g/mol. The third kappa shape index (κ3) is 2.91. The monoisotopic (exact) mass is 248 g/mol. The molecule has 0 bridgehead atoms. The normalized spacial score (nSPS) is 32.1. The first-order valence-corrected chi connectivity index (χ1v) is 7.49. The molecule has 3 unspecified atom stereocenters. The van der Waals surface area contributed by atoms with E-state index in [1.165, 1.54) is 44.9 Å². The molecule has 0 amide bonds. The quantitative estimate of drug-likeness (QED) is 0.888. The van der Waals surface area contributed by atoms with E-state index in [9.17, 15) is 0 Å². The summed E-state index contributed by atoms with van der Waals surface area (Å²) >= 11 is 0. The van der Waals surface area contributed by atoms with E-state index in [1.807, 2.05) is 10.9 Å². The van der Waals surface area contributed by atoms with Gasteiger partial charge in [0.15, 0.2) is 0 Å². The Kier molecular flexibility index (Phi) is 3.93. The molecule has 2 aliphatic carbocycles. The van der Waals surface area contributed by atoms with Crippen LogP contribution in [0, 0.1) is 11.8 Å². The Balaban J connectivity index is 1.41. The minimum Gasteiger partial charge on any atom is -0.312 e. The molecule has 0 saturated heterocycles. The molecular formula is C14H24N4. The number of hydrogen-bond donors (Lipinski definition) is 1. The van der Waals surface area contributed by atoms with Crippen LogP contribution in [0.5, 0.6) is 0 Å². The second-order valence-corrected chi connectivity index (χ2v) is 5.93. The van der Waals surface area contributed by atoms with E-state index in [-0.39, 0.29) is 0 Å². The molecule has 100 valence electrons. The van der Waals surface area contributed by atoms with Crippen LogP contribution in [0.25, 0.3) is 0 Å². The molecule has 3 atom stereocenters. The molecule has 18 heavy (non-hydrogen) atoms. The van der Waals surface area contributed by atoms with Crippen molar-refractivity contribution in [1.29, 1.82) is 0 Å². The largest absolute Gasteiger partial charge is 0.312 e. The molecule has 0 aliphatic heterocycles. The fourth-order valence-corrected chi connectivity index (χ4v) is 3.79. The van der Waals surface area contributed by atoms with Crippen LogP contribution in [0.1, 0.15) is 44.9 Å². The zero-order valence-electron chi connectivity index (χ0n) is 11.1. The molecule has 4 heteroatoms. The van der Waals surface area contributed by atoms with Crippen LogP contribution in [0.15, 0.2) is 12.4 Å². The number of fused-ring (bicyclic) bond motifs is 1. The van der Waals surface area contributed by atoms with Gasteiger partial charge in [-0.15, -0.1) is 5.10 Å². The zero-order valence-corrected chi connectivity index (χ0v) is 11.1. The fraction of sp³-hybridized carbons (Fsp3) is 0.857. The van der Waals surface area contributed by atoms with Gasteiger partial charge in [0, 0.05) is 18.8 Å². The maximum absolute atomic E-state index is 3.99. The van der Waals surface area contributed by atoms with E-state index >= 15 is 0 Å². The Hall–Kier alpha value is -0.900. The lowest BCUT2D eigenvalue weighted by Gasteiger charge is -2.39. The molecule has 4 nitrogen and oxygen atoms in total. The lowest BCUT2D eigenvalue weighted by Crippen LogP contribution is -2.40. The minimum absolute atomic E-state index is 0.743. The van der Waals surface area contributed by atoms with Crippen LogP contribution < -0.4 is 5.32 Å².